The SMILES string of the molecule is Cc1cnc(/C=C/c2ccc(Cl)c3ccccc23)cc1N1CCCCC1. The average Bonchev–Trinajstić information content (AvgIpc) is 2.69. The first-order valence-electron chi connectivity index (χ1n) is 9.29. The second-order valence-electron chi connectivity index (χ2n) is 6.96. The number of aromatic nitrogens is 1. The normalized spacial score (nSPS) is 15.1. The summed E-state index contributed by atoms with van der Waals surface area (Å²) in [6.45, 7) is 4.45. The van der Waals surface area contributed by atoms with Crippen LogP contribution in [0.25, 0.3) is 22.9 Å². The van der Waals surface area contributed by atoms with E-state index in [0.29, 0.717) is 0 Å². The summed E-state index contributed by atoms with van der Waals surface area (Å²) in [5.74, 6) is 0. The summed E-state index contributed by atoms with van der Waals surface area (Å²) >= 11 is 6.33. The van der Waals surface area contributed by atoms with Gasteiger partial charge in [-0.05, 0) is 60.9 Å². The van der Waals surface area contributed by atoms with Crippen molar-refractivity contribution in [2.45, 2.75) is 26.2 Å². The highest BCUT2D eigenvalue weighted by atomic mass is 35.5. The molecule has 1 aliphatic rings. The molecular weight excluding hydrogens is 340 g/mol. The van der Waals surface area contributed by atoms with Gasteiger partial charge in [0.05, 0.1) is 5.69 Å². The van der Waals surface area contributed by atoms with Gasteiger partial charge in [0, 0.05) is 35.4 Å². The van der Waals surface area contributed by atoms with E-state index in [1.807, 2.05) is 18.3 Å². The maximum Gasteiger partial charge on any atom is 0.0650 e. The number of hydrogen-bond acceptors (Lipinski definition) is 2. The lowest BCUT2D eigenvalue weighted by molar-refractivity contribution is 0.577. The molecule has 1 saturated heterocycles. The van der Waals surface area contributed by atoms with E-state index in [1.54, 1.807) is 0 Å². The fourth-order valence-electron chi connectivity index (χ4n) is 3.70. The molecule has 2 aromatic carbocycles. The van der Waals surface area contributed by atoms with Crippen molar-refractivity contribution in [1.29, 1.82) is 0 Å². The Bertz CT molecular complexity index is 956. The van der Waals surface area contributed by atoms with Crippen LogP contribution < -0.4 is 4.90 Å². The summed E-state index contributed by atoms with van der Waals surface area (Å²) in [4.78, 5) is 7.10. The summed E-state index contributed by atoms with van der Waals surface area (Å²) < 4.78 is 0. The van der Waals surface area contributed by atoms with Gasteiger partial charge >= 0.3 is 0 Å². The number of piperidine rings is 1. The predicted molar refractivity (Wildman–Crippen MR) is 113 cm³/mol. The highest BCUT2D eigenvalue weighted by Crippen LogP contribution is 2.28. The van der Waals surface area contributed by atoms with Gasteiger partial charge < -0.3 is 4.90 Å². The van der Waals surface area contributed by atoms with Crippen molar-refractivity contribution < 1.29 is 0 Å². The van der Waals surface area contributed by atoms with Gasteiger partial charge in [-0.3, -0.25) is 4.98 Å². The number of anilines is 1. The summed E-state index contributed by atoms with van der Waals surface area (Å²) in [5.41, 5.74) is 4.73. The Morgan fingerprint density at radius 1 is 0.962 bits per heavy atom. The fraction of sp³-hybridized carbons (Fsp3) is 0.261. The summed E-state index contributed by atoms with van der Waals surface area (Å²) in [7, 11) is 0. The van der Waals surface area contributed by atoms with Crippen molar-refractivity contribution in [3.8, 4) is 0 Å². The number of pyridine rings is 1. The highest BCUT2D eigenvalue weighted by Gasteiger charge is 2.13. The molecule has 1 aliphatic heterocycles. The van der Waals surface area contributed by atoms with Gasteiger partial charge in [0.25, 0.3) is 0 Å². The van der Waals surface area contributed by atoms with E-state index in [-0.39, 0.29) is 0 Å². The Labute approximate surface area is 160 Å². The van der Waals surface area contributed by atoms with E-state index in [2.05, 4.69) is 59.3 Å². The second kappa shape index (κ2) is 7.51. The first-order chi connectivity index (χ1) is 12.7. The number of rotatable bonds is 3. The molecule has 0 unspecified atom stereocenters. The number of nitrogens with zero attached hydrogens (tertiary/aromatic N) is 2. The number of fused-ring (bicyclic) bond motifs is 1. The highest BCUT2D eigenvalue weighted by molar-refractivity contribution is 6.35. The van der Waals surface area contributed by atoms with E-state index in [4.69, 9.17) is 11.6 Å². The average molecular weight is 363 g/mol. The van der Waals surface area contributed by atoms with Gasteiger partial charge in [0.2, 0.25) is 0 Å². The lowest BCUT2D eigenvalue weighted by atomic mass is 10.0. The maximum absolute atomic E-state index is 6.33. The molecule has 1 fully saturated rings. The fourth-order valence-corrected chi connectivity index (χ4v) is 3.93. The van der Waals surface area contributed by atoms with Crippen molar-refractivity contribution in [3.05, 3.63) is 70.5 Å². The van der Waals surface area contributed by atoms with Crippen LogP contribution in [0.1, 0.15) is 36.1 Å². The minimum atomic E-state index is 0.790. The molecule has 0 amide bonds. The number of aryl methyl sites for hydroxylation is 1. The third-order valence-corrected chi connectivity index (χ3v) is 5.46. The van der Waals surface area contributed by atoms with Gasteiger partial charge in [0.1, 0.15) is 0 Å². The lowest BCUT2D eigenvalue weighted by Crippen LogP contribution is -2.30. The van der Waals surface area contributed by atoms with Crippen LogP contribution in [0.15, 0.2) is 48.7 Å². The zero-order chi connectivity index (χ0) is 17.9. The molecule has 1 aromatic heterocycles. The smallest absolute Gasteiger partial charge is 0.0650 e. The van der Waals surface area contributed by atoms with Gasteiger partial charge in [-0.15, -0.1) is 0 Å². The van der Waals surface area contributed by atoms with Gasteiger partial charge in [-0.25, -0.2) is 0 Å². The Kier molecular flexibility index (Phi) is 4.94. The van der Waals surface area contributed by atoms with Crippen molar-refractivity contribution >= 4 is 40.2 Å². The summed E-state index contributed by atoms with van der Waals surface area (Å²) in [6, 6.07) is 14.5. The monoisotopic (exact) mass is 362 g/mol. The molecule has 26 heavy (non-hydrogen) atoms. The largest absolute Gasteiger partial charge is 0.371 e. The van der Waals surface area contributed by atoms with Crippen LogP contribution in [0.2, 0.25) is 5.02 Å². The molecule has 0 atom stereocenters. The molecule has 3 aromatic rings. The third kappa shape index (κ3) is 3.47. The molecule has 0 N–H and O–H groups in total. The zero-order valence-corrected chi connectivity index (χ0v) is 15.8. The summed E-state index contributed by atoms with van der Waals surface area (Å²) in [6.07, 6.45) is 10.1. The molecule has 0 bridgehead atoms. The van der Waals surface area contributed by atoms with Crippen molar-refractivity contribution in [2.24, 2.45) is 0 Å². The minimum absolute atomic E-state index is 0.790. The van der Waals surface area contributed by atoms with Crippen molar-refractivity contribution in [1.82, 2.24) is 4.98 Å². The van der Waals surface area contributed by atoms with Gasteiger partial charge in [-0.1, -0.05) is 48.0 Å². The maximum atomic E-state index is 6.33. The topological polar surface area (TPSA) is 16.1 Å². The quantitative estimate of drug-likeness (QED) is 0.539. The van der Waals surface area contributed by atoms with E-state index < -0.39 is 0 Å². The molecule has 0 aliphatic carbocycles. The Balaban J connectivity index is 1.66. The van der Waals surface area contributed by atoms with Crippen LogP contribution in [0.3, 0.4) is 0 Å². The molecule has 0 spiro atoms. The van der Waals surface area contributed by atoms with Crippen molar-refractivity contribution in [3.63, 3.8) is 0 Å². The second-order valence-corrected chi connectivity index (χ2v) is 7.37. The predicted octanol–water partition coefficient (Wildman–Crippen LogP) is 6.36. The standard InChI is InChI=1S/C23H23ClN2/c1-17-16-25-19(15-23(17)26-13-5-2-6-14-26)11-9-18-10-12-22(24)21-8-4-3-7-20(18)21/h3-4,7-12,15-16H,2,5-6,13-14H2,1H3/b11-9+. The van der Waals surface area contributed by atoms with Crippen LogP contribution >= 0.6 is 11.6 Å². The first-order valence-corrected chi connectivity index (χ1v) is 9.67. The molecule has 0 radical (unpaired) electrons. The van der Waals surface area contributed by atoms with Crippen LogP contribution in [-0.4, -0.2) is 18.1 Å². The first kappa shape index (κ1) is 17.1. The van der Waals surface area contributed by atoms with Crippen LogP contribution in [-0.2, 0) is 0 Å². The lowest BCUT2D eigenvalue weighted by Gasteiger charge is -2.30. The Morgan fingerprint density at radius 3 is 2.54 bits per heavy atom. The molecule has 0 saturated carbocycles. The molecule has 2 nitrogen and oxygen atoms in total. The van der Waals surface area contributed by atoms with E-state index in [0.717, 1.165) is 34.8 Å². The Hall–Kier alpha value is -2.32. The van der Waals surface area contributed by atoms with Crippen LogP contribution in [0, 0.1) is 6.92 Å². The molecule has 2 heterocycles. The van der Waals surface area contributed by atoms with Crippen LogP contribution in [0.4, 0.5) is 5.69 Å². The minimum Gasteiger partial charge on any atom is -0.371 e. The number of halogens is 1. The molecular formula is C23H23ClN2. The third-order valence-electron chi connectivity index (χ3n) is 5.13. The zero-order valence-electron chi connectivity index (χ0n) is 15.1. The Morgan fingerprint density at radius 2 is 1.73 bits per heavy atom. The number of hydrogen-bond donors (Lipinski definition) is 0. The van der Waals surface area contributed by atoms with Crippen molar-refractivity contribution in [2.75, 3.05) is 18.0 Å². The van der Waals surface area contributed by atoms with Gasteiger partial charge in [0.15, 0.2) is 0 Å². The van der Waals surface area contributed by atoms with E-state index in [9.17, 15) is 0 Å². The van der Waals surface area contributed by atoms with Gasteiger partial charge in [-0.2, -0.15) is 0 Å². The molecule has 3 heteroatoms. The van der Waals surface area contributed by atoms with E-state index >= 15 is 0 Å². The summed E-state index contributed by atoms with van der Waals surface area (Å²) in [5, 5.41) is 3.04. The van der Waals surface area contributed by atoms with Crippen LogP contribution in [0.5, 0.6) is 0 Å². The number of benzene rings is 2. The van der Waals surface area contributed by atoms with E-state index in [1.165, 1.54) is 35.9 Å². The molecule has 4 rings (SSSR count). The molecule has 132 valence electrons.